The predicted octanol–water partition coefficient (Wildman–Crippen LogP) is -0.257. The van der Waals surface area contributed by atoms with Crippen LogP contribution in [-0.4, -0.2) is 48.1 Å². The maximum atomic E-state index is 12.1. The Hall–Kier alpha value is -1.10. The van der Waals surface area contributed by atoms with E-state index >= 15 is 0 Å². The molecule has 1 aliphatic rings. The summed E-state index contributed by atoms with van der Waals surface area (Å²) >= 11 is 0. The average molecular weight is 228 g/mol. The Morgan fingerprint density at radius 2 is 2.31 bits per heavy atom. The lowest BCUT2D eigenvalue weighted by atomic mass is 9.96. The number of nitrogens with zero attached hydrogens (tertiary/aromatic N) is 1. The number of hydrogen-bond acceptors (Lipinski definition) is 3. The minimum absolute atomic E-state index is 0.00532. The van der Waals surface area contributed by atoms with Crippen molar-refractivity contribution >= 4 is 11.8 Å². The molecule has 1 heterocycles. The molecule has 1 unspecified atom stereocenters. The maximum absolute atomic E-state index is 12.1. The highest BCUT2D eigenvalue weighted by molar-refractivity contribution is 5.86. The second-order valence-electron chi connectivity index (χ2n) is 4.09. The molecular weight excluding hydrogens is 208 g/mol. The lowest BCUT2D eigenvalue weighted by Crippen LogP contribution is -2.44. The molecule has 0 radical (unpaired) electrons. The second kappa shape index (κ2) is 6.48. The average Bonchev–Trinajstić information content (AvgIpc) is 2.28. The van der Waals surface area contributed by atoms with Gasteiger partial charge in [0, 0.05) is 32.0 Å². The zero-order valence-electron chi connectivity index (χ0n) is 9.74. The van der Waals surface area contributed by atoms with Gasteiger partial charge in [0.05, 0.1) is 6.61 Å². The number of aliphatic hydroxyl groups excluding tert-OH is 1. The standard InChI is InChI=1S/C11H20N2O3/c1-2-5-13(6-7-14)11(16)9-3-4-12-10(15)8-9/h9,14H,2-8H2,1H3,(H,12,15). The van der Waals surface area contributed by atoms with Crippen molar-refractivity contribution in [3.05, 3.63) is 0 Å². The molecule has 0 aliphatic carbocycles. The molecular formula is C11H20N2O3. The Kier molecular flexibility index (Phi) is 5.25. The number of piperidine rings is 1. The fourth-order valence-electron chi connectivity index (χ4n) is 1.98. The molecule has 0 aromatic heterocycles. The summed E-state index contributed by atoms with van der Waals surface area (Å²) in [6, 6.07) is 0. The van der Waals surface area contributed by atoms with Crippen molar-refractivity contribution in [1.29, 1.82) is 0 Å². The van der Waals surface area contributed by atoms with E-state index in [1.165, 1.54) is 0 Å². The van der Waals surface area contributed by atoms with Crippen molar-refractivity contribution in [2.45, 2.75) is 26.2 Å². The first-order chi connectivity index (χ1) is 7.69. The van der Waals surface area contributed by atoms with Gasteiger partial charge in [-0.25, -0.2) is 0 Å². The molecule has 2 amide bonds. The van der Waals surface area contributed by atoms with E-state index in [0.29, 0.717) is 26.1 Å². The van der Waals surface area contributed by atoms with Crippen LogP contribution in [0.4, 0.5) is 0 Å². The van der Waals surface area contributed by atoms with Crippen molar-refractivity contribution in [3.8, 4) is 0 Å². The van der Waals surface area contributed by atoms with E-state index in [1.54, 1.807) is 4.90 Å². The zero-order valence-corrected chi connectivity index (χ0v) is 9.74. The Labute approximate surface area is 95.8 Å². The van der Waals surface area contributed by atoms with Gasteiger partial charge in [0.15, 0.2) is 0 Å². The topological polar surface area (TPSA) is 69.6 Å². The Morgan fingerprint density at radius 3 is 2.88 bits per heavy atom. The van der Waals surface area contributed by atoms with Gasteiger partial charge in [-0.15, -0.1) is 0 Å². The van der Waals surface area contributed by atoms with Crippen LogP contribution >= 0.6 is 0 Å². The van der Waals surface area contributed by atoms with E-state index in [0.717, 1.165) is 6.42 Å². The molecule has 0 spiro atoms. The molecule has 1 rings (SSSR count). The Morgan fingerprint density at radius 1 is 1.56 bits per heavy atom. The second-order valence-corrected chi connectivity index (χ2v) is 4.09. The van der Waals surface area contributed by atoms with E-state index in [1.807, 2.05) is 6.92 Å². The van der Waals surface area contributed by atoms with Gasteiger partial charge in [0.25, 0.3) is 0 Å². The Balaban J connectivity index is 2.54. The first-order valence-corrected chi connectivity index (χ1v) is 5.85. The number of rotatable bonds is 5. The molecule has 0 bridgehead atoms. The molecule has 0 saturated carbocycles. The fourth-order valence-corrected chi connectivity index (χ4v) is 1.98. The lowest BCUT2D eigenvalue weighted by Gasteiger charge is -2.28. The highest BCUT2D eigenvalue weighted by atomic mass is 16.3. The van der Waals surface area contributed by atoms with Crippen LogP contribution in [-0.2, 0) is 9.59 Å². The molecule has 92 valence electrons. The van der Waals surface area contributed by atoms with E-state index in [9.17, 15) is 9.59 Å². The molecule has 0 aromatic rings. The number of nitrogens with one attached hydrogen (secondary N) is 1. The summed E-state index contributed by atoms with van der Waals surface area (Å²) in [5, 5.41) is 11.6. The zero-order chi connectivity index (χ0) is 12.0. The normalized spacial score (nSPS) is 20.4. The molecule has 1 aliphatic heterocycles. The lowest BCUT2D eigenvalue weighted by molar-refractivity contribution is -0.140. The third-order valence-electron chi connectivity index (χ3n) is 2.77. The third-order valence-corrected chi connectivity index (χ3v) is 2.77. The van der Waals surface area contributed by atoms with Gasteiger partial charge in [-0.2, -0.15) is 0 Å². The van der Waals surface area contributed by atoms with Crippen molar-refractivity contribution in [1.82, 2.24) is 10.2 Å². The van der Waals surface area contributed by atoms with Crippen molar-refractivity contribution < 1.29 is 14.7 Å². The number of carbonyl (C=O) groups is 2. The minimum atomic E-state index is -0.202. The van der Waals surface area contributed by atoms with Gasteiger partial charge in [0.1, 0.15) is 0 Å². The van der Waals surface area contributed by atoms with Crippen LogP contribution in [0.2, 0.25) is 0 Å². The number of aliphatic hydroxyl groups is 1. The summed E-state index contributed by atoms with van der Waals surface area (Å²) < 4.78 is 0. The van der Waals surface area contributed by atoms with Crippen LogP contribution < -0.4 is 5.32 Å². The van der Waals surface area contributed by atoms with Crippen LogP contribution in [0.25, 0.3) is 0 Å². The van der Waals surface area contributed by atoms with Crippen molar-refractivity contribution in [2.24, 2.45) is 5.92 Å². The molecule has 5 nitrogen and oxygen atoms in total. The van der Waals surface area contributed by atoms with E-state index in [4.69, 9.17) is 5.11 Å². The molecule has 5 heteroatoms. The molecule has 16 heavy (non-hydrogen) atoms. The first-order valence-electron chi connectivity index (χ1n) is 5.85. The van der Waals surface area contributed by atoms with E-state index in [2.05, 4.69) is 5.32 Å². The molecule has 1 saturated heterocycles. The largest absolute Gasteiger partial charge is 0.395 e. The summed E-state index contributed by atoms with van der Waals surface area (Å²) in [6.07, 6.45) is 1.85. The van der Waals surface area contributed by atoms with Crippen LogP contribution in [0.15, 0.2) is 0 Å². The Bertz CT molecular complexity index is 250. The van der Waals surface area contributed by atoms with Crippen LogP contribution in [0.5, 0.6) is 0 Å². The van der Waals surface area contributed by atoms with Gasteiger partial charge in [0.2, 0.25) is 11.8 Å². The quantitative estimate of drug-likeness (QED) is 0.681. The number of carbonyl (C=O) groups excluding carboxylic acids is 2. The predicted molar refractivity (Wildman–Crippen MR) is 59.7 cm³/mol. The van der Waals surface area contributed by atoms with Gasteiger partial charge in [-0.05, 0) is 12.8 Å². The highest BCUT2D eigenvalue weighted by Crippen LogP contribution is 2.16. The molecule has 1 atom stereocenters. The fraction of sp³-hybridized carbons (Fsp3) is 0.818. The third kappa shape index (κ3) is 3.48. The van der Waals surface area contributed by atoms with E-state index < -0.39 is 0 Å². The summed E-state index contributed by atoms with van der Waals surface area (Å²) in [6.45, 7) is 3.56. The van der Waals surface area contributed by atoms with Gasteiger partial charge in [-0.1, -0.05) is 6.92 Å². The number of hydrogen-bond donors (Lipinski definition) is 2. The summed E-state index contributed by atoms with van der Waals surface area (Å²) in [4.78, 5) is 24.9. The first kappa shape index (κ1) is 13.0. The van der Waals surface area contributed by atoms with E-state index in [-0.39, 0.29) is 30.8 Å². The molecule has 1 fully saturated rings. The van der Waals surface area contributed by atoms with Crippen molar-refractivity contribution in [2.75, 3.05) is 26.2 Å². The molecule has 0 aromatic carbocycles. The number of amides is 2. The van der Waals surface area contributed by atoms with Gasteiger partial charge in [-0.3, -0.25) is 9.59 Å². The highest BCUT2D eigenvalue weighted by Gasteiger charge is 2.28. The summed E-state index contributed by atoms with van der Waals surface area (Å²) in [5.41, 5.74) is 0. The van der Waals surface area contributed by atoms with Crippen LogP contribution in [0.1, 0.15) is 26.2 Å². The minimum Gasteiger partial charge on any atom is -0.395 e. The smallest absolute Gasteiger partial charge is 0.226 e. The maximum Gasteiger partial charge on any atom is 0.226 e. The van der Waals surface area contributed by atoms with Crippen LogP contribution in [0, 0.1) is 5.92 Å². The molecule has 2 N–H and O–H groups in total. The van der Waals surface area contributed by atoms with Gasteiger partial charge < -0.3 is 15.3 Å². The monoisotopic (exact) mass is 228 g/mol. The van der Waals surface area contributed by atoms with Crippen LogP contribution in [0.3, 0.4) is 0 Å². The SMILES string of the molecule is CCCN(CCO)C(=O)C1CCNC(=O)C1. The van der Waals surface area contributed by atoms with Gasteiger partial charge >= 0.3 is 0 Å². The summed E-state index contributed by atoms with van der Waals surface area (Å²) in [5.74, 6) is -0.248. The summed E-state index contributed by atoms with van der Waals surface area (Å²) in [7, 11) is 0. The van der Waals surface area contributed by atoms with Crippen molar-refractivity contribution in [3.63, 3.8) is 0 Å².